The van der Waals surface area contributed by atoms with Crippen LogP contribution in [-0.4, -0.2) is 19.7 Å². The molecule has 0 unspecified atom stereocenters. The maximum atomic E-state index is 5.79. The van der Waals surface area contributed by atoms with Crippen molar-refractivity contribution in [1.29, 1.82) is 0 Å². The molecule has 5 heteroatoms. The Labute approximate surface area is 92.9 Å². The van der Waals surface area contributed by atoms with Gasteiger partial charge >= 0.3 is 0 Å². The van der Waals surface area contributed by atoms with E-state index in [2.05, 4.69) is 28.9 Å². The monoisotopic (exact) mass is 222 g/mol. The molecule has 2 rings (SSSR count). The van der Waals surface area contributed by atoms with Crippen LogP contribution in [0.3, 0.4) is 0 Å². The van der Waals surface area contributed by atoms with E-state index in [9.17, 15) is 0 Å². The Kier molecular flexibility index (Phi) is 2.68. The van der Waals surface area contributed by atoms with E-state index in [1.165, 1.54) is 6.33 Å². The molecule has 0 atom stereocenters. The highest BCUT2D eigenvalue weighted by Gasteiger charge is 2.05. The highest BCUT2D eigenvalue weighted by atomic mass is 35.5. The second kappa shape index (κ2) is 3.98. The molecule has 15 heavy (non-hydrogen) atoms. The Morgan fingerprint density at radius 3 is 2.73 bits per heavy atom. The van der Waals surface area contributed by atoms with Crippen molar-refractivity contribution in [1.82, 2.24) is 19.7 Å². The van der Waals surface area contributed by atoms with Gasteiger partial charge in [-0.05, 0) is 13.8 Å². The SMILES string of the molecule is CC(C)n1cc(-c2cc(Cl)ncn2)cn1. The lowest BCUT2D eigenvalue weighted by Gasteiger charge is -2.02. The van der Waals surface area contributed by atoms with Crippen LogP contribution in [0.2, 0.25) is 5.15 Å². The lowest BCUT2D eigenvalue weighted by Crippen LogP contribution is -1.99. The van der Waals surface area contributed by atoms with Gasteiger partial charge in [0.25, 0.3) is 0 Å². The first-order chi connectivity index (χ1) is 7.16. The Morgan fingerprint density at radius 2 is 2.13 bits per heavy atom. The number of halogens is 1. The predicted octanol–water partition coefficient (Wildman–Crippen LogP) is 2.57. The molecule has 0 fully saturated rings. The summed E-state index contributed by atoms with van der Waals surface area (Å²) in [5, 5.41) is 4.68. The van der Waals surface area contributed by atoms with Gasteiger partial charge in [-0.25, -0.2) is 9.97 Å². The van der Waals surface area contributed by atoms with Gasteiger partial charge in [0.05, 0.1) is 11.9 Å². The molecular formula is C10H11ClN4. The third-order valence-electron chi connectivity index (χ3n) is 2.06. The Balaban J connectivity index is 2.37. The molecular weight excluding hydrogens is 212 g/mol. The van der Waals surface area contributed by atoms with Gasteiger partial charge in [-0.2, -0.15) is 5.10 Å². The van der Waals surface area contributed by atoms with Gasteiger partial charge in [0.1, 0.15) is 11.5 Å². The van der Waals surface area contributed by atoms with Gasteiger partial charge < -0.3 is 0 Å². The molecule has 2 aromatic rings. The third kappa shape index (κ3) is 2.15. The van der Waals surface area contributed by atoms with Gasteiger partial charge in [-0.3, -0.25) is 4.68 Å². The van der Waals surface area contributed by atoms with Crippen molar-refractivity contribution < 1.29 is 0 Å². The minimum absolute atomic E-state index is 0.344. The normalized spacial score (nSPS) is 10.9. The van der Waals surface area contributed by atoms with E-state index in [0.29, 0.717) is 11.2 Å². The van der Waals surface area contributed by atoms with Crippen LogP contribution < -0.4 is 0 Å². The van der Waals surface area contributed by atoms with E-state index in [4.69, 9.17) is 11.6 Å². The fraction of sp³-hybridized carbons (Fsp3) is 0.300. The van der Waals surface area contributed by atoms with Crippen LogP contribution in [0.4, 0.5) is 0 Å². The molecule has 78 valence electrons. The highest BCUT2D eigenvalue weighted by Crippen LogP contribution is 2.19. The zero-order chi connectivity index (χ0) is 10.8. The van der Waals surface area contributed by atoms with Crippen LogP contribution in [-0.2, 0) is 0 Å². The average molecular weight is 223 g/mol. The van der Waals surface area contributed by atoms with E-state index in [1.807, 2.05) is 10.9 Å². The van der Waals surface area contributed by atoms with Crippen molar-refractivity contribution in [2.24, 2.45) is 0 Å². The molecule has 2 aromatic heterocycles. The fourth-order valence-corrected chi connectivity index (χ4v) is 1.39. The largest absolute Gasteiger partial charge is 0.270 e. The Hall–Kier alpha value is -1.42. The minimum Gasteiger partial charge on any atom is -0.270 e. The zero-order valence-corrected chi connectivity index (χ0v) is 9.31. The van der Waals surface area contributed by atoms with Crippen molar-refractivity contribution in [2.45, 2.75) is 19.9 Å². The van der Waals surface area contributed by atoms with E-state index in [-0.39, 0.29) is 0 Å². The van der Waals surface area contributed by atoms with E-state index in [0.717, 1.165) is 11.3 Å². The second-order valence-corrected chi connectivity index (χ2v) is 3.92. The topological polar surface area (TPSA) is 43.6 Å². The number of hydrogen-bond acceptors (Lipinski definition) is 3. The van der Waals surface area contributed by atoms with Crippen molar-refractivity contribution in [3.05, 3.63) is 29.9 Å². The lowest BCUT2D eigenvalue weighted by atomic mass is 10.2. The van der Waals surface area contributed by atoms with Gasteiger partial charge in [0.2, 0.25) is 0 Å². The molecule has 0 saturated carbocycles. The summed E-state index contributed by atoms with van der Waals surface area (Å²) >= 11 is 5.79. The maximum absolute atomic E-state index is 5.79. The molecule has 0 saturated heterocycles. The Bertz CT molecular complexity index is 464. The molecule has 0 amide bonds. The second-order valence-electron chi connectivity index (χ2n) is 3.53. The number of aromatic nitrogens is 4. The van der Waals surface area contributed by atoms with Crippen molar-refractivity contribution in [2.75, 3.05) is 0 Å². The standard InChI is InChI=1S/C10H11ClN4/c1-7(2)15-5-8(4-14-15)9-3-10(11)13-6-12-9/h3-7H,1-2H3. The molecule has 4 nitrogen and oxygen atoms in total. The molecule has 0 N–H and O–H groups in total. The molecule has 0 bridgehead atoms. The van der Waals surface area contributed by atoms with Crippen LogP contribution in [0.5, 0.6) is 0 Å². The van der Waals surface area contributed by atoms with E-state index >= 15 is 0 Å². The smallest absolute Gasteiger partial charge is 0.133 e. The predicted molar refractivity (Wildman–Crippen MR) is 58.6 cm³/mol. The van der Waals surface area contributed by atoms with Gasteiger partial charge in [0, 0.05) is 23.9 Å². The quantitative estimate of drug-likeness (QED) is 0.734. The van der Waals surface area contributed by atoms with Crippen LogP contribution in [0.25, 0.3) is 11.3 Å². The van der Waals surface area contributed by atoms with Gasteiger partial charge in [-0.15, -0.1) is 0 Å². The first-order valence-electron chi connectivity index (χ1n) is 4.69. The molecule has 2 heterocycles. The van der Waals surface area contributed by atoms with Crippen LogP contribution in [0, 0.1) is 0 Å². The molecule has 0 aliphatic rings. The number of rotatable bonds is 2. The van der Waals surface area contributed by atoms with Crippen molar-refractivity contribution in [3.8, 4) is 11.3 Å². The Morgan fingerprint density at radius 1 is 1.33 bits per heavy atom. The lowest BCUT2D eigenvalue weighted by molar-refractivity contribution is 0.532. The van der Waals surface area contributed by atoms with Crippen LogP contribution >= 0.6 is 11.6 Å². The zero-order valence-electron chi connectivity index (χ0n) is 8.55. The van der Waals surface area contributed by atoms with Crippen LogP contribution in [0.15, 0.2) is 24.8 Å². The first kappa shape index (κ1) is 10.1. The van der Waals surface area contributed by atoms with Crippen molar-refractivity contribution >= 4 is 11.6 Å². The summed E-state index contributed by atoms with van der Waals surface area (Å²) in [5.41, 5.74) is 1.75. The molecule has 0 radical (unpaired) electrons. The minimum atomic E-state index is 0.344. The highest BCUT2D eigenvalue weighted by molar-refractivity contribution is 6.29. The number of hydrogen-bond donors (Lipinski definition) is 0. The summed E-state index contributed by atoms with van der Waals surface area (Å²) in [6.45, 7) is 4.15. The van der Waals surface area contributed by atoms with Crippen molar-refractivity contribution in [3.63, 3.8) is 0 Å². The van der Waals surface area contributed by atoms with E-state index < -0.39 is 0 Å². The number of nitrogens with zero attached hydrogens (tertiary/aromatic N) is 4. The molecule has 0 aromatic carbocycles. The summed E-state index contributed by atoms with van der Waals surface area (Å²) in [4.78, 5) is 7.97. The van der Waals surface area contributed by atoms with Gasteiger partial charge in [-0.1, -0.05) is 11.6 Å². The average Bonchev–Trinajstić information content (AvgIpc) is 2.66. The fourth-order valence-electron chi connectivity index (χ4n) is 1.24. The molecule has 0 aliphatic heterocycles. The summed E-state index contributed by atoms with van der Waals surface area (Å²) < 4.78 is 1.88. The van der Waals surface area contributed by atoms with Gasteiger partial charge in [0.15, 0.2) is 0 Å². The van der Waals surface area contributed by atoms with E-state index in [1.54, 1.807) is 12.3 Å². The third-order valence-corrected chi connectivity index (χ3v) is 2.27. The summed E-state index contributed by atoms with van der Waals surface area (Å²) in [5.74, 6) is 0. The first-order valence-corrected chi connectivity index (χ1v) is 5.06. The molecule has 0 spiro atoms. The summed E-state index contributed by atoms with van der Waals surface area (Å²) in [6.07, 6.45) is 5.17. The maximum Gasteiger partial charge on any atom is 0.133 e. The summed E-state index contributed by atoms with van der Waals surface area (Å²) in [6, 6.07) is 2.07. The summed E-state index contributed by atoms with van der Waals surface area (Å²) in [7, 11) is 0. The van der Waals surface area contributed by atoms with Crippen LogP contribution in [0.1, 0.15) is 19.9 Å². The molecule has 0 aliphatic carbocycles.